The second-order valence-corrected chi connectivity index (χ2v) is 3.71. The van der Waals surface area contributed by atoms with Gasteiger partial charge in [-0.15, -0.1) is 0 Å². The summed E-state index contributed by atoms with van der Waals surface area (Å²) in [6.45, 7) is 6.37. The van der Waals surface area contributed by atoms with Crippen LogP contribution < -0.4 is 5.32 Å². The molecule has 0 aliphatic heterocycles. The first kappa shape index (κ1) is 12.7. The molecule has 0 amide bonds. The molecule has 1 atom stereocenters. The van der Waals surface area contributed by atoms with Crippen LogP contribution in [0.5, 0.6) is 0 Å². The molecule has 0 aromatic heterocycles. The zero-order chi connectivity index (χ0) is 11.8. The highest BCUT2D eigenvalue weighted by Gasteiger charge is 2.00. The number of ether oxygens (including phenoxy) is 1. The van der Waals surface area contributed by atoms with E-state index in [0.717, 1.165) is 25.3 Å². The van der Waals surface area contributed by atoms with E-state index in [1.807, 2.05) is 38.1 Å². The van der Waals surface area contributed by atoms with Gasteiger partial charge in [0.05, 0.1) is 17.7 Å². The van der Waals surface area contributed by atoms with Gasteiger partial charge in [0.15, 0.2) is 0 Å². The summed E-state index contributed by atoms with van der Waals surface area (Å²) in [7, 11) is 0. The molecule has 0 heterocycles. The van der Waals surface area contributed by atoms with Gasteiger partial charge in [0, 0.05) is 19.7 Å². The number of nitrogens with one attached hydrogen (secondary N) is 1. The molecule has 1 unspecified atom stereocenters. The molecule has 0 radical (unpaired) electrons. The molecule has 16 heavy (non-hydrogen) atoms. The Kier molecular flexibility index (Phi) is 5.55. The molecule has 0 saturated carbocycles. The summed E-state index contributed by atoms with van der Waals surface area (Å²) in [4.78, 5) is 0. The van der Waals surface area contributed by atoms with E-state index in [1.54, 1.807) is 0 Å². The van der Waals surface area contributed by atoms with Crippen LogP contribution in [0.25, 0.3) is 0 Å². The van der Waals surface area contributed by atoms with Gasteiger partial charge < -0.3 is 10.1 Å². The molecule has 1 aromatic rings. The first-order valence-corrected chi connectivity index (χ1v) is 5.57. The minimum Gasteiger partial charge on any atom is -0.377 e. The third-order valence-corrected chi connectivity index (χ3v) is 2.27. The smallest absolute Gasteiger partial charge is 0.0991 e. The second-order valence-electron chi connectivity index (χ2n) is 3.71. The lowest BCUT2D eigenvalue weighted by Gasteiger charge is -2.12. The van der Waals surface area contributed by atoms with Crippen molar-refractivity contribution < 1.29 is 4.74 Å². The predicted octanol–water partition coefficient (Wildman–Crippen LogP) is 2.07. The maximum absolute atomic E-state index is 8.76. The largest absolute Gasteiger partial charge is 0.377 e. The molecule has 1 rings (SSSR count). The van der Waals surface area contributed by atoms with Gasteiger partial charge in [-0.1, -0.05) is 12.1 Å². The third-order valence-electron chi connectivity index (χ3n) is 2.27. The van der Waals surface area contributed by atoms with Crippen molar-refractivity contribution in [1.29, 1.82) is 5.26 Å². The zero-order valence-corrected chi connectivity index (χ0v) is 9.86. The summed E-state index contributed by atoms with van der Waals surface area (Å²) in [5.41, 5.74) is 1.83. The van der Waals surface area contributed by atoms with E-state index in [1.165, 1.54) is 0 Å². The van der Waals surface area contributed by atoms with Crippen molar-refractivity contribution in [3.05, 3.63) is 35.4 Å². The fourth-order valence-corrected chi connectivity index (χ4v) is 1.51. The molecule has 3 heteroatoms. The number of benzene rings is 1. The molecule has 86 valence electrons. The lowest BCUT2D eigenvalue weighted by atomic mass is 10.1. The molecule has 0 aliphatic rings. The maximum Gasteiger partial charge on any atom is 0.0991 e. The van der Waals surface area contributed by atoms with Crippen molar-refractivity contribution in [2.75, 3.05) is 13.2 Å². The molecule has 1 aromatic carbocycles. The van der Waals surface area contributed by atoms with Crippen LogP contribution >= 0.6 is 0 Å². The predicted molar refractivity (Wildman–Crippen MR) is 64.0 cm³/mol. The van der Waals surface area contributed by atoms with Crippen LogP contribution in [0.4, 0.5) is 0 Å². The number of hydrogen-bond donors (Lipinski definition) is 1. The summed E-state index contributed by atoms with van der Waals surface area (Å²) in [6, 6.07) is 9.76. The highest BCUT2D eigenvalue weighted by molar-refractivity contribution is 5.32. The van der Waals surface area contributed by atoms with Crippen molar-refractivity contribution in [1.82, 2.24) is 5.32 Å². The minimum atomic E-state index is 0.226. The van der Waals surface area contributed by atoms with Crippen LogP contribution in [-0.2, 0) is 11.3 Å². The maximum atomic E-state index is 8.76. The fourth-order valence-electron chi connectivity index (χ4n) is 1.51. The highest BCUT2D eigenvalue weighted by Crippen LogP contribution is 2.03. The monoisotopic (exact) mass is 218 g/mol. The van der Waals surface area contributed by atoms with Crippen LogP contribution in [-0.4, -0.2) is 19.3 Å². The number of hydrogen-bond acceptors (Lipinski definition) is 3. The Morgan fingerprint density at radius 1 is 1.50 bits per heavy atom. The summed E-state index contributed by atoms with van der Waals surface area (Å²) >= 11 is 0. The van der Waals surface area contributed by atoms with Crippen LogP contribution in [0.2, 0.25) is 0 Å². The minimum absolute atomic E-state index is 0.226. The molecule has 0 bridgehead atoms. The third kappa shape index (κ3) is 4.43. The molecular weight excluding hydrogens is 200 g/mol. The lowest BCUT2D eigenvalue weighted by Crippen LogP contribution is -2.26. The van der Waals surface area contributed by atoms with Crippen molar-refractivity contribution in [2.45, 2.75) is 26.5 Å². The molecule has 3 nitrogen and oxygen atoms in total. The summed E-state index contributed by atoms with van der Waals surface area (Å²) in [6.07, 6.45) is 0.226. The van der Waals surface area contributed by atoms with Gasteiger partial charge in [-0.05, 0) is 31.5 Å². The van der Waals surface area contributed by atoms with Gasteiger partial charge in [-0.3, -0.25) is 0 Å². The zero-order valence-electron chi connectivity index (χ0n) is 9.86. The van der Waals surface area contributed by atoms with Gasteiger partial charge in [-0.25, -0.2) is 0 Å². The van der Waals surface area contributed by atoms with Gasteiger partial charge in [0.2, 0.25) is 0 Å². The Balaban J connectivity index is 2.34. The molecule has 0 fully saturated rings. The molecule has 1 N–H and O–H groups in total. The Labute approximate surface area is 97.0 Å². The van der Waals surface area contributed by atoms with Gasteiger partial charge in [0.1, 0.15) is 0 Å². The van der Waals surface area contributed by atoms with Crippen LogP contribution in [0.15, 0.2) is 24.3 Å². The summed E-state index contributed by atoms with van der Waals surface area (Å²) in [5.74, 6) is 0. The lowest BCUT2D eigenvalue weighted by molar-refractivity contribution is 0.0759. The number of nitrogens with zero attached hydrogens (tertiary/aromatic N) is 1. The van der Waals surface area contributed by atoms with Gasteiger partial charge in [0.25, 0.3) is 0 Å². The first-order valence-electron chi connectivity index (χ1n) is 5.57. The normalized spacial score (nSPS) is 12.1. The molecular formula is C13H18N2O. The number of nitriles is 1. The fraction of sp³-hybridized carbons (Fsp3) is 0.462. The van der Waals surface area contributed by atoms with Crippen LogP contribution in [0.3, 0.4) is 0 Å². The van der Waals surface area contributed by atoms with E-state index in [4.69, 9.17) is 10.00 Å². The van der Waals surface area contributed by atoms with Crippen molar-refractivity contribution >= 4 is 0 Å². The van der Waals surface area contributed by atoms with Gasteiger partial charge in [-0.2, -0.15) is 5.26 Å². The van der Waals surface area contributed by atoms with Crippen molar-refractivity contribution in [2.24, 2.45) is 0 Å². The Morgan fingerprint density at radius 3 is 3.00 bits per heavy atom. The summed E-state index contributed by atoms with van der Waals surface area (Å²) in [5, 5.41) is 12.1. The van der Waals surface area contributed by atoms with Crippen LogP contribution in [0, 0.1) is 11.3 Å². The van der Waals surface area contributed by atoms with E-state index in [-0.39, 0.29) is 6.10 Å². The van der Waals surface area contributed by atoms with E-state index in [9.17, 15) is 0 Å². The standard InChI is InChI=1S/C13H18N2O/c1-3-16-11(2)9-15-10-13-6-4-5-12(7-13)8-14/h4-7,11,15H,3,9-10H2,1-2H3. The topological polar surface area (TPSA) is 45.0 Å². The molecule has 0 aliphatic carbocycles. The molecule has 0 saturated heterocycles. The van der Waals surface area contributed by atoms with Crippen LogP contribution in [0.1, 0.15) is 25.0 Å². The Morgan fingerprint density at radius 2 is 2.31 bits per heavy atom. The van der Waals surface area contributed by atoms with E-state index in [0.29, 0.717) is 5.56 Å². The quantitative estimate of drug-likeness (QED) is 0.795. The van der Waals surface area contributed by atoms with Crippen molar-refractivity contribution in [3.8, 4) is 6.07 Å². The Hall–Kier alpha value is -1.37. The van der Waals surface area contributed by atoms with E-state index < -0.39 is 0 Å². The van der Waals surface area contributed by atoms with E-state index >= 15 is 0 Å². The average molecular weight is 218 g/mol. The average Bonchev–Trinajstić information content (AvgIpc) is 2.30. The van der Waals surface area contributed by atoms with Crippen molar-refractivity contribution in [3.63, 3.8) is 0 Å². The Bertz CT molecular complexity index is 357. The second kappa shape index (κ2) is 7.00. The highest BCUT2D eigenvalue weighted by atomic mass is 16.5. The number of rotatable bonds is 6. The molecule has 0 spiro atoms. The van der Waals surface area contributed by atoms with E-state index in [2.05, 4.69) is 11.4 Å². The SMILES string of the molecule is CCOC(C)CNCc1cccc(C#N)c1. The van der Waals surface area contributed by atoms with Gasteiger partial charge >= 0.3 is 0 Å². The first-order chi connectivity index (χ1) is 7.76. The summed E-state index contributed by atoms with van der Waals surface area (Å²) < 4.78 is 5.41.